The molecule has 0 atom stereocenters. The molecule has 6 nitrogen and oxygen atoms in total. The molecule has 0 aliphatic carbocycles. The first-order valence-electron chi connectivity index (χ1n) is 8.33. The Morgan fingerprint density at radius 3 is 2.52 bits per heavy atom. The molecule has 1 saturated heterocycles. The van der Waals surface area contributed by atoms with E-state index in [4.69, 9.17) is 4.98 Å². The van der Waals surface area contributed by atoms with Crippen LogP contribution in [-0.2, 0) is 0 Å². The van der Waals surface area contributed by atoms with Gasteiger partial charge in [-0.05, 0) is 19.1 Å². The van der Waals surface area contributed by atoms with Crippen LogP contribution in [0, 0.1) is 18.3 Å². The van der Waals surface area contributed by atoms with Crippen LogP contribution in [0.2, 0.25) is 0 Å². The molecule has 0 spiro atoms. The van der Waals surface area contributed by atoms with E-state index in [1.807, 2.05) is 43.3 Å². The molecule has 1 fully saturated rings. The van der Waals surface area contributed by atoms with Crippen LogP contribution < -0.4 is 9.80 Å². The number of fused-ring (bicyclic) bond motifs is 1. The van der Waals surface area contributed by atoms with Gasteiger partial charge in [0, 0.05) is 43.3 Å². The number of pyridine rings is 1. The lowest BCUT2D eigenvalue weighted by atomic mass is 10.1. The Morgan fingerprint density at radius 1 is 1.00 bits per heavy atom. The van der Waals surface area contributed by atoms with Crippen molar-refractivity contribution in [3.05, 3.63) is 54.0 Å². The summed E-state index contributed by atoms with van der Waals surface area (Å²) in [4.78, 5) is 17.7. The summed E-state index contributed by atoms with van der Waals surface area (Å²) in [5.41, 5.74) is 2.52. The van der Waals surface area contributed by atoms with Crippen molar-refractivity contribution in [2.45, 2.75) is 6.92 Å². The lowest BCUT2D eigenvalue weighted by Crippen LogP contribution is -2.47. The average molecular weight is 330 g/mol. The molecule has 124 valence electrons. The molecular formula is C19H18N6. The molecule has 2 aromatic heterocycles. The first-order valence-corrected chi connectivity index (χ1v) is 8.33. The van der Waals surface area contributed by atoms with Gasteiger partial charge in [0.1, 0.15) is 24.0 Å². The van der Waals surface area contributed by atoms with Crippen LogP contribution in [0.3, 0.4) is 0 Å². The molecule has 3 heterocycles. The van der Waals surface area contributed by atoms with Gasteiger partial charge in [-0.15, -0.1) is 0 Å². The van der Waals surface area contributed by atoms with Gasteiger partial charge in [0.05, 0.1) is 11.1 Å². The van der Waals surface area contributed by atoms with Gasteiger partial charge in [-0.25, -0.2) is 15.0 Å². The van der Waals surface area contributed by atoms with Gasteiger partial charge < -0.3 is 9.80 Å². The predicted molar refractivity (Wildman–Crippen MR) is 97.7 cm³/mol. The SMILES string of the molecule is Cc1cc(N2CCN(c3nc4ccccc4cc3C#N)CC2)ncn1. The average Bonchev–Trinajstić information content (AvgIpc) is 2.67. The number of nitrogens with zero attached hydrogens (tertiary/aromatic N) is 6. The molecule has 1 aromatic carbocycles. The van der Waals surface area contributed by atoms with Gasteiger partial charge in [-0.1, -0.05) is 18.2 Å². The van der Waals surface area contributed by atoms with E-state index < -0.39 is 0 Å². The summed E-state index contributed by atoms with van der Waals surface area (Å²) in [5.74, 6) is 1.74. The minimum absolute atomic E-state index is 0.630. The van der Waals surface area contributed by atoms with Crippen LogP contribution in [0.25, 0.3) is 10.9 Å². The second-order valence-corrected chi connectivity index (χ2v) is 6.16. The Labute approximate surface area is 146 Å². The van der Waals surface area contributed by atoms with Crippen molar-refractivity contribution in [2.75, 3.05) is 36.0 Å². The Hall–Kier alpha value is -3.20. The minimum atomic E-state index is 0.630. The fraction of sp³-hybridized carbons (Fsp3) is 0.263. The van der Waals surface area contributed by atoms with Crippen molar-refractivity contribution in [3.63, 3.8) is 0 Å². The second kappa shape index (κ2) is 6.36. The summed E-state index contributed by atoms with van der Waals surface area (Å²) in [6, 6.07) is 14.1. The zero-order valence-electron chi connectivity index (χ0n) is 14.1. The van der Waals surface area contributed by atoms with E-state index in [2.05, 4.69) is 25.8 Å². The second-order valence-electron chi connectivity index (χ2n) is 6.16. The van der Waals surface area contributed by atoms with Gasteiger partial charge in [0.25, 0.3) is 0 Å². The first kappa shape index (κ1) is 15.3. The monoisotopic (exact) mass is 330 g/mol. The fourth-order valence-electron chi connectivity index (χ4n) is 3.19. The Bertz CT molecular complexity index is 954. The number of rotatable bonds is 2. The Morgan fingerprint density at radius 2 is 1.76 bits per heavy atom. The van der Waals surface area contributed by atoms with E-state index in [0.29, 0.717) is 5.56 Å². The van der Waals surface area contributed by atoms with E-state index in [-0.39, 0.29) is 0 Å². The summed E-state index contributed by atoms with van der Waals surface area (Å²) >= 11 is 0. The number of piperazine rings is 1. The van der Waals surface area contributed by atoms with Crippen molar-refractivity contribution in [2.24, 2.45) is 0 Å². The van der Waals surface area contributed by atoms with E-state index in [9.17, 15) is 5.26 Å². The summed E-state index contributed by atoms with van der Waals surface area (Å²) in [6.45, 7) is 5.28. The minimum Gasteiger partial charge on any atom is -0.353 e. The number of hydrogen-bond donors (Lipinski definition) is 0. The van der Waals surface area contributed by atoms with Crippen molar-refractivity contribution >= 4 is 22.5 Å². The molecule has 0 unspecified atom stereocenters. The van der Waals surface area contributed by atoms with Crippen LogP contribution in [0.4, 0.5) is 11.6 Å². The van der Waals surface area contributed by atoms with Crippen molar-refractivity contribution in [1.82, 2.24) is 15.0 Å². The summed E-state index contributed by atoms with van der Waals surface area (Å²) < 4.78 is 0. The lowest BCUT2D eigenvalue weighted by Gasteiger charge is -2.36. The number of aromatic nitrogens is 3. The smallest absolute Gasteiger partial charge is 0.147 e. The predicted octanol–water partition coefficient (Wildman–Crippen LogP) is 2.53. The summed E-state index contributed by atoms with van der Waals surface area (Å²) in [5, 5.41) is 10.5. The van der Waals surface area contributed by atoms with E-state index in [1.165, 1.54) is 0 Å². The van der Waals surface area contributed by atoms with Gasteiger partial charge in [-0.3, -0.25) is 0 Å². The van der Waals surface area contributed by atoms with Gasteiger partial charge in [0.2, 0.25) is 0 Å². The molecule has 0 N–H and O–H groups in total. The standard InChI is InChI=1S/C19H18N6/c1-14-10-18(22-13-21-14)24-6-8-25(9-7-24)19-16(12-20)11-15-4-2-3-5-17(15)23-19/h2-5,10-11,13H,6-9H2,1H3. The molecule has 6 heteroatoms. The molecule has 25 heavy (non-hydrogen) atoms. The summed E-state index contributed by atoms with van der Waals surface area (Å²) in [7, 11) is 0. The first-order chi connectivity index (χ1) is 12.2. The van der Waals surface area contributed by atoms with E-state index >= 15 is 0 Å². The quantitative estimate of drug-likeness (QED) is 0.719. The third-order valence-corrected chi connectivity index (χ3v) is 4.52. The molecular weight excluding hydrogens is 312 g/mol. The van der Waals surface area contributed by atoms with Crippen molar-refractivity contribution < 1.29 is 0 Å². The molecule has 4 rings (SSSR count). The summed E-state index contributed by atoms with van der Waals surface area (Å²) in [6.07, 6.45) is 1.61. The largest absolute Gasteiger partial charge is 0.353 e. The number of benzene rings is 1. The van der Waals surface area contributed by atoms with Crippen molar-refractivity contribution in [3.8, 4) is 6.07 Å². The molecule has 0 saturated carbocycles. The highest BCUT2D eigenvalue weighted by Crippen LogP contribution is 2.25. The molecule has 0 radical (unpaired) electrons. The van der Waals surface area contributed by atoms with Gasteiger partial charge in [0.15, 0.2) is 0 Å². The molecule has 0 bridgehead atoms. The fourth-order valence-corrected chi connectivity index (χ4v) is 3.19. The van der Waals surface area contributed by atoms with Crippen LogP contribution >= 0.6 is 0 Å². The van der Waals surface area contributed by atoms with Crippen LogP contribution in [0.15, 0.2) is 42.7 Å². The van der Waals surface area contributed by atoms with Crippen molar-refractivity contribution in [1.29, 1.82) is 5.26 Å². The normalized spacial score (nSPS) is 14.6. The van der Waals surface area contributed by atoms with Crippen LogP contribution in [0.5, 0.6) is 0 Å². The maximum Gasteiger partial charge on any atom is 0.147 e. The zero-order chi connectivity index (χ0) is 17.2. The third-order valence-electron chi connectivity index (χ3n) is 4.52. The van der Waals surface area contributed by atoms with Gasteiger partial charge in [-0.2, -0.15) is 5.26 Å². The number of para-hydroxylation sites is 1. The van der Waals surface area contributed by atoms with Crippen LogP contribution in [0.1, 0.15) is 11.3 Å². The topological polar surface area (TPSA) is 68.9 Å². The number of aryl methyl sites for hydroxylation is 1. The van der Waals surface area contributed by atoms with Gasteiger partial charge >= 0.3 is 0 Å². The number of hydrogen-bond acceptors (Lipinski definition) is 6. The zero-order valence-corrected chi connectivity index (χ0v) is 14.1. The van der Waals surface area contributed by atoms with E-state index in [0.717, 1.165) is 54.4 Å². The number of nitriles is 1. The highest BCUT2D eigenvalue weighted by Gasteiger charge is 2.21. The maximum absolute atomic E-state index is 9.53. The molecule has 3 aromatic rings. The number of anilines is 2. The Balaban J connectivity index is 1.58. The lowest BCUT2D eigenvalue weighted by molar-refractivity contribution is 0.641. The third kappa shape index (κ3) is 2.96. The highest BCUT2D eigenvalue weighted by atomic mass is 15.3. The van der Waals surface area contributed by atoms with Crippen LogP contribution in [-0.4, -0.2) is 41.1 Å². The molecule has 1 aliphatic heterocycles. The molecule has 0 amide bonds. The molecule has 1 aliphatic rings. The van der Waals surface area contributed by atoms with E-state index in [1.54, 1.807) is 6.33 Å². The maximum atomic E-state index is 9.53. The Kier molecular flexibility index (Phi) is 3.90. The highest BCUT2D eigenvalue weighted by molar-refractivity contribution is 5.83.